The molecule has 0 aliphatic carbocycles. The molecule has 45 heavy (non-hydrogen) atoms. The highest BCUT2D eigenvalue weighted by Gasteiger charge is 2.43. The van der Waals surface area contributed by atoms with Crippen LogP contribution in [0, 0.1) is 5.92 Å². The number of hydrogen-bond acceptors (Lipinski definition) is 7. The molecule has 9 heteroatoms. The van der Waals surface area contributed by atoms with Gasteiger partial charge in [0.25, 0.3) is 0 Å². The third-order valence-corrected chi connectivity index (χ3v) is 9.20. The second-order valence-electron chi connectivity index (χ2n) is 12.3. The zero-order valence-corrected chi connectivity index (χ0v) is 26.2. The number of carbonyl (C=O) groups excluding carboxylic acids is 1. The molecular weight excluding hydrogens is 570 g/mol. The molecule has 3 aromatic rings. The predicted octanol–water partition coefficient (Wildman–Crippen LogP) is 5.30. The maximum atomic E-state index is 11.9. The van der Waals surface area contributed by atoms with Crippen molar-refractivity contribution in [2.45, 2.75) is 64.1 Å². The molecule has 3 fully saturated rings. The Morgan fingerprint density at radius 2 is 1.60 bits per heavy atom. The average Bonchev–Trinajstić information content (AvgIpc) is 3.54. The quantitative estimate of drug-likeness (QED) is 0.301. The average molecular weight is 616 g/mol. The molecule has 0 aromatic heterocycles. The number of amides is 2. The van der Waals surface area contributed by atoms with Crippen molar-refractivity contribution in [1.82, 2.24) is 15.5 Å². The number of hydrogen-bond donors (Lipinski definition) is 3. The van der Waals surface area contributed by atoms with Crippen molar-refractivity contribution in [3.8, 4) is 11.1 Å². The van der Waals surface area contributed by atoms with E-state index in [0.717, 1.165) is 65.9 Å². The van der Waals surface area contributed by atoms with Crippen LogP contribution in [-0.4, -0.2) is 67.3 Å². The van der Waals surface area contributed by atoms with Crippen LogP contribution in [0.5, 0.6) is 0 Å². The van der Waals surface area contributed by atoms with Gasteiger partial charge in [0.2, 0.25) is 0 Å². The van der Waals surface area contributed by atoms with E-state index in [-0.39, 0.29) is 30.8 Å². The van der Waals surface area contributed by atoms with Gasteiger partial charge in [-0.25, -0.2) is 4.79 Å². The molecule has 3 aromatic carbocycles. The van der Waals surface area contributed by atoms with Crippen molar-refractivity contribution in [2.24, 2.45) is 5.92 Å². The normalized spacial score (nSPS) is 24.9. The number of likely N-dealkylation sites (tertiary alicyclic amines) is 1. The van der Waals surface area contributed by atoms with Gasteiger partial charge < -0.3 is 39.6 Å². The van der Waals surface area contributed by atoms with Crippen molar-refractivity contribution in [3.63, 3.8) is 0 Å². The number of nitrogens with zero attached hydrogens (tertiary/aromatic N) is 1. The van der Waals surface area contributed by atoms with Crippen LogP contribution in [-0.2, 0) is 32.1 Å². The summed E-state index contributed by atoms with van der Waals surface area (Å²) in [7, 11) is 0. The summed E-state index contributed by atoms with van der Waals surface area (Å²) in [5.74, 6) is -0.304. The highest BCUT2D eigenvalue weighted by molar-refractivity contribution is 5.74. The lowest BCUT2D eigenvalue weighted by molar-refractivity contribution is -0.278. The Kier molecular flexibility index (Phi) is 10.1. The Morgan fingerprint density at radius 3 is 2.31 bits per heavy atom. The lowest BCUT2D eigenvalue weighted by Crippen LogP contribution is -2.50. The van der Waals surface area contributed by atoms with Gasteiger partial charge >= 0.3 is 6.03 Å². The van der Waals surface area contributed by atoms with Gasteiger partial charge in [-0.3, -0.25) is 0 Å². The van der Waals surface area contributed by atoms with Crippen LogP contribution in [0.4, 0.5) is 4.79 Å². The molecule has 0 bridgehead atoms. The third kappa shape index (κ3) is 7.57. The van der Waals surface area contributed by atoms with Crippen LogP contribution in [0.25, 0.3) is 11.1 Å². The van der Waals surface area contributed by atoms with Crippen LogP contribution in [0.2, 0.25) is 0 Å². The van der Waals surface area contributed by atoms with Crippen LogP contribution in [0.3, 0.4) is 0 Å². The second-order valence-corrected chi connectivity index (χ2v) is 12.3. The minimum Gasteiger partial charge on any atom is -0.392 e. The molecule has 4 atom stereocenters. The molecule has 3 heterocycles. The van der Waals surface area contributed by atoms with Gasteiger partial charge in [-0.05, 0) is 46.9 Å². The fourth-order valence-corrected chi connectivity index (χ4v) is 6.58. The largest absolute Gasteiger partial charge is 0.392 e. The van der Waals surface area contributed by atoms with Crippen molar-refractivity contribution in [3.05, 3.63) is 95.1 Å². The van der Waals surface area contributed by atoms with Gasteiger partial charge in [0, 0.05) is 57.0 Å². The van der Waals surface area contributed by atoms with E-state index in [9.17, 15) is 9.90 Å². The molecule has 240 valence electrons. The van der Waals surface area contributed by atoms with Gasteiger partial charge in [0.15, 0.2) is 12.1 Å². The minimum atomic E-state index is -0.547. The molecule has 6 rings (SSSR count). The molecule has 3 N–H and O–H groups in total. The zero-order valence-electron chi connectivity index (χ0n) is 26.2. The summed E-state index contributed by atoms with van der Waals surface area (Å²) in [6, 6.07) is 24.4. The molecule has 3 aliphatic rings. The topological polar surface area (TPSA) is 102 Å². The van der Waals surface area contributed by atoms with Gasteiger partial charge in [0.05, 0.1) is 32.0 Å². The Hall–Kier alpha value is -3.31. The molecule has 9 nitrogen and oxygen atoms in total. The predicted molar refractivity (Wildman–Crippen MR) is 171 cm³/mol. The molecule has 2 amide bonds. The molecule has 3 aliphatic heterocycles. The summed E-state index contributed by atoms with van der Waals surface area (Å²) in [6.45, 7) is 9.08. The molecule has 0 saturated carbocycles. The third-order valence-electron chi connectivity index (χ3n) is 9.20. The zero-order chi connectivity index (χ0) is 31.2. The number of aliphatic hydroxyl groups is 1. The smallest absolute Gasteiger partial charge is 0.315 e. The van der Waals surface area contributed by atoms with Crippen LogP contribution >= 0.6 is 0 Å². The number of carbonyl (C=O) groups is 1. The summed E-state index contributed by atoms with van der Waals surface area (Å²) in [6.07, 6.45) is 0.943. The lowest BCUT2D eigenvalue weighted by atomic mass is 9.89. The summed E-state index contributed by atoms with van der Waals surface area (Å²) in [4.78, 5) is 14.4. The van der Waals surface area contributed by atoms with E-state index in [0.29, 0.717) is 26.3 Å². The molecule has 3 saturated heterocycles. The first-order chi connectivity index (χ1) is 21.9. The van der Waals surface area contributed by atoms with E-state index in [1.165, 1.54) is 0 Å². The maximum absolute atomic E-state index is 11.9. The van der Waals surface area contributed by atoms with Crippen molar-refractivity contribution < 1.29 is 28.8 Å². The highest BCUT2D eigenvalue weighted by atomic mass is 16.7. The van der Waals surface area contributed by atoms with Crippen molar-refractivity contribution in [2.75, 3.05) is 39.4 Å². The van der Waals surface area contributed by atoms with E-state index in [4.69, 9.17) is 18.9 Å². The monoisotopic (exact) mass is 615 g/mol. The highest BCUT2D eigenvalue weighted by Crippen LogP contribution is 2.43. The van der Waals surface area contributed by atoms with Gasteiger partial charge in [0.1, 0.15) is 0 Å². The molecular formula is C36H45N3O6. The van der Waals surface area contributed by atoms with Gasteiger partial charge in [-0.2, -0.15) is 0 Å². The van der Waals surface area contributed by atoms with Crippen molar-refractivity contribution in [1.29, 1.82) is 0 Å². The first-order valence-corrected chi connectivity index (χ1v) is 16.2. The van der Waals surface area contributed by atoms with Crippen LogP contribution in [0.15, 0.2) is 72.8 Å². The molecule has 1 spiro atoms. The summed E-state index contributed by atoms with van der Waals surface area (Å²) < 4.78 is 25.4. The number of urea groups is 1. The lowest BCUT2D eigenvalue weighted by Gasteiger charge is -2.44. The first-order valence-electron chi connectivity index (χ1n) is 16.2. The van der Waals surface area contributed by atoms with Crippen LogP contribution < -0.4 is 10.6 Å². The minimum absolute atomic E-state index is 0.00951. The summed E-state index contributed by atoms with van der Waals surface area (Å²) >= 11 is 0. The second kappa shape index (κ2) is 14.4. The van der Waals surface area contributed by atoms with Gasteiger partial charge in [-0.15, -0.1) is 0 Å². The van der Waals surface area contributed by atoms with Crippen molar-refractivity contribution >= 4 is 6.03 Å². The number of nitrogens with one attached hydrogen (secondary N) is 2. The Labute approximate surface area is 265 Å². The van der Waals surface area contributed by atoms with E-state index in [2.05, 4.69) is 64.9 Å². The fraction of sp³-hybridized carbons (Fsp3) is 0.472. The number of piperidine rings is 1. The maximum Gasteiger partial charge on any atom is 0.315 e. The number of benzene rings is 3. The molecule has 0 radical (unpaired) electrons. The van der Waals surface area contributed by atoms with Crippen LogP contribution in [0.1, 0.15) is 61.3 Å². The first kappa shape index (κ1) is 31.7. The Bertz CT molecular complexity index is 1420. The Morgan fingerprint density at radius 1 is 0.889 bits per heavy atom. The van der Waals surface area contributed by atoms with E-state index < -0.39 is 12.1 Å². The number of ether oxygens (including phenoxy) is 4. The summed E-state index contributed by atoms with van der Waals surface area (Å²) in [5.41, 5.74) is 6.04. The Balaban J connectivity index is 1.21. The van der Waals surface area contributed by atoms with E-state index in [1.54, 1.807) is 0 Å². The summed E-state index contributed by atoms with van der Waals surface area (Å²) in [5, 5.41) is 15.3. The van der Waals surface area contributed by atoms with E-state index in [1.807, 2.05) is 37.3 Å². The standard InChI is InChI=1S/C36H45N3O6/c1-3-37-35(41)38-22-27-6-4-7-29(20-27)30-8-5-9-31(21-30)34-44-32(23-39-16-14-36(15-17-39)42-18-19-43-36)25(2)33(45-34)28-12-10-26(24-40)11-13-28/h4-13,20-21,25,32-34,40H,3,14-19,22-24H2,1-2H3,(H2,37,38,41)/t25-,32+,33+,34+/m0/s1. The van der Waals surface area contributed by atoms with E-state index >= 15 is 0 Å². The number of rotatable bonds is 9. The number of aliphatic hydroxyl groups excluding tert-OH is 1. The SMILES string of the molecule is CCNC(=O)NCc1cccc(-c2cccc([C@@H]3O[C@H](CN4CCC5(CC4)OCCO5)[C@H](C)[C@H](c4ccc(CO)cc4)O3)c2)c1. The fourth-order valence-electron chi connectivity index (χ4n) is 6.58. The molecule has 0 unspecified atom stereocenters. The van der Waals surface area contributed by atoms with Gasteiger partial charge in [-0.1, -0.05) is 67.6 Å².